The SMILES string of the molecule is CN/C(=C\NCC(CO)NC(=O)CN1CCN(Cc2ccc(OC(F)(F)F)cc2)CC1)[N+](=O)[O-]. The number of halogens is 3. The van der Waals surface area contributed by atoms with E-state index in [1.54, 1.807) is 12.1 Å². The molecule has 0 saturated carbocycles. The molecule has 1 amide bonds. The summed E-state index contributed by atoms with van der Waals surface area (Å²) in [6, 6.07) is 5.12. The molecule has 1 unspecified atom stereocenters. The number of ether oxygens (including phenoxy) is 1. The molecule has 190 valence electrons. The highest BCUT2D eigenvalue weighted by molar-refractivity contribution is 5.78. The standard InChI is InChI=1S/C20H29F3N6O5/c1-24-18(29(32)33)11-25-10-16(14-30)26-19(31)13-28-8-6-27(7-9-28)12-15-2-4-17(5-3-15)34-20(21,22)23/h2-5,11,16,24-25,30H,6-10,12-14H2,1H3,(H,26,31)/b18-11+. The number of carbonyl (C=O) groups is 1. The number of alkyl halides is 3. The number of rotatable bonds is 12. The molecule has 0 spiro atoms. The van der Waals surface area contributed by atoms with Gasteiger partial charge in [0, 0.05) is 39.3 Å². The number of nitrogens with one attached hydrogen (secondary N) is 3. The maximum absolute atomic E-state index is 12.3. The summed E-state index contributed by atoms with van der Waals surface area (Å²) >= 11 is 0. The normalized spacial score (nSPS) is 16.6. The van der Waals surface area contributed by atoms with Gasteiger partial charge in [-0.2, -0.15) is 0 Å². The molecule has 11 nitrogen and oxygen atoms in total. The molecular formula is C20H29F3N6O5. The first-order chi connectivity index (χ1) is 16.1. The summed E-state index contributed by atoms with van der Waals surface area (Å²) in [6.07, 6.45) is -3.56. The summed E-state index contributed by atoms with van der Waals surface area (Å²) < 4.78 is 40.6. The van der Waals surface area contributed by atoms with Gasteiger partial charge in [0.1, 0.15) is 5.75 Å². The van der Waals surface area contributed by atoms with Gasteiger partial charge in [-0.3, -0.25) is 19.9 Å². The van der Waals surface area contributed by atoms with E-state index in [4.69, 9.17) is 0 Å². The Kier molecular flexibility index (Phi) is 10.3. The summed E-state index contributed by atoms with van der Waals surface area (Å²) in [6.45, 7) is 3.10. The number of amides is 1. The fraction of sp³-hybridized carbons (Fsp3) is 0.550. The fourth-order valence-electron chi connectivity index (χ4n) is 3.31. The zero-order chi connectivity index (χ0) is 25.1. The van der Waals surface area contributed by atoms with Crippen LogP contribution in [0.4, 0.5) is 13.2 Å². The molecule has 1 aliphatic rings. The van der Waals surface area contributed by atoms with Gasteiger partial charge in [0.2, 0.25) is 5.91 Å². The lowest BCUT2D eigenvalue weighted by atomic mass is 10.2. The molecule has 4 N–H and O–H groups in total. The minimum atomic E-state index is -4.72. The van der Waals surface area contributed by atoms with Gasteiger partial charge >= 0.3 is 12.2 Å². The van der Waals surface area contributed by atoms with Gasteiger partial charge in [-0.15, -0.1) is 13.2 Å². The molecule has 0 bridgehead atoms. The quantitative estimate of drug-likeness (QED) is 0.237. The van der Waals surface area contributed by atoms with Gasteiger partial charge in [-0.05, 0) is 22.6 Å². The zero-order valence-electron chi connectivity index (χ0n) is 18.7. The van der Waals surface area contributed by atoms with Gasteiger partial charge in [0.05, 0.1) is 32.4 Å². The molecule has 1 aromatic rings. The second-order valence-corrected chi connectivity index (χ2v) is 7.64. The summed E-state index contributed by atoms with van der Waals surface area (Å²) in [7, 11) is 1.41. The number of benzene rings is 1. The van der Waals surface area contributed by atoms with Crippen molar-refractivity contribution in [2.45, 2.75) is 18.9 Å². The summed E-state index contributed by atoms with van der Waals surface area (Å²) in [5, 5.41) is 28.0. The fourth-order valence-corrected chi connectivity index (χ4v) is 3.31. The molecule has 1 saturated heterocycles. The van der Waals surface area contributed by atoms with Crippen LogP contribution in [0.15, 0.2) is 36.3 Å². The van der Waals surface area contributed by atoms with E-state index in [0.717, 1.165) is 11.8 Å². The first kappa shape index (κ1) is 27.1. The van der Waals surface area contributed by atoms with E-state index in [2.05, 4.69) is 25.6 Å². The molecule has 1 atom stereocenters. The number of carbonyl (C=O) groups excluding carboxylic acids is 1. The van der Waals surface area contributed by atoms with Crippen molar-refractivity contribution in [2.75, 3.05) is 52.9 Å². The number of nitro groups is 1. The third-order valence-electron chi connectivity index (χ3n) is 5.04. The van der Waals surface area contributed by atoms with Crippen LogP contribution >= 0.6 is 0 Å². The van der Waals surface area contributed by atoms with Crippen molar-refractivity contribution in [2.24, 2.45) is 0 Å². The Morgan fingerprint density at radius 3 is 2.38 bits per heavy atom. The van der Waals surface area contributed by atoms with Crippen molar-refractivity contribution in [1.82, 2.24) is 25.8 Å². The lowest BCUT2D eigenvalue weighted by Crippen LogP contribution is -2.51. The van der Waals surface area contributed by atoms with Crippen molar-refractivity contribution in [3.8, 4) is 5.75 Å². The monoisotopic (exact) mass is 490 g/mol. The average molecular weight is 490 g/mol. The number of hydrogen-bond donors (Lipinski definition) is 4. The minimum absolute atomic E-state index is 0.113. The smallest absolute Gasteiger partial charge is 0.406 e. The third-order valence-corrected chi connectivity index (χ3v) is 5.04. The lowest BCUT2D eigenvalue weighted by Gasteiger charge is -2.34. The molecule has 1 heterocycles. The van der Waals surface area contributed by atoms with E-state index in [1.807, 2.05) is 4.90 Å². The van der Waals surface area contributed by atoms with Crippen molar-refractivity contribution in [3.63, 3.8) is 0 Å². The number of hydrogen-bond acceptors (Lipinski definition) is 9. The Labute approximate surface area is 194 Å². The molecule has 0 radical (unpaired) electrons. The average Bonchev–Trinajstić information content (AvgIpc) is 2.77. The van der Waals surface area contributed by atoms with E-state index < -0.39 is 17.3 Å². The van der Waals surface area contributed by atoms with Crippen LogP contribution in [-0.2, 0) is 11.3 Å². The van der Waals surface area contributed by atoms with Crippen LogP contribution in [0.3, 0.4) is 0 Å². The predicted molar refractivity (Wildman–Crippen MR) is 116 cm³/mol. The summed E-state index contributed by atoms with van der Waals surface area (Å²) in [4.78, 5) is 26.5. The number of piperazine rings is 1. The number of nitrogens with zero attached hydrogens (tertiary/aromatic N) is 3. The van der Waals surface area contributed by atoms with Gasteiger partial charge < -0.3 is 30.6 Å². The molecule has 14 heteroatoms. The van der Waals surface area contributed by atoms with Gasteiger partial charge in [0.15, 0.2) is 0 Å². The van der Waals surface area contributed by atoms with Crippen LogP contribution < -0.4 is 20.7 Å². The topological polar surface area (TPSA) is 132 Å². The van der Waals surface area contributed by atoms with Crippen molar-refractivity contribution < 1.29 is 32.7 Å². The molecule has 1 fully saturated rings. The van der Waals surface area contributed by atoms with Crippen molar-refractivity contribution in [1.29, 1.82) is 0 Å². The molecule has 0 aliphatic carbocycles. The Balaban J connectivity index is 1.71. The van der Waals surface area contributed by atoms with Gasteiger partial charge in [-0.1, -0.05) is 12.1 Å². The van der Waals surface area contributed by atoms with Crippen LogP contribution in [0.2, 0.25) is 0 Å². The van der Waals surface area contributed by atoms with Crippen LogP contribution in [0.25, 0.3) is 0 Å². The van der Waals surface area contributed by atoms with Crippen LogP contribution in [0.1, 0.15) is 5.56 Å². The van der Waals surface area contributed by atoms with E-state index in [-0.39, 0.29) is 37.2 Å². The Hall–Kier alpha value is -3.10. The molecule has 1 aliphatic heterocycles. The largest absolute Gasteiger partial charge is 0.573 e. The highest BCUT2D eigenvalue weighted by atomic mass is 19.4. The predicted octanol–water partition coefficient (Wildman–Crippen LogP) is 0.0645. The second-order valence-electron chi connectivity index (χ2n) is 7.64. The third kappa shape index (κ3) is 9.80. The summed E-state index contributed by atoms with van der Waals surface area (Å²) in [5.74, 6) is -0.784. The highest BCUT2D eigenvalue weighted by Crippen LogP contribution is 2.23. The van der Waals surface area contributed by atoms with E-state index in [0.29, 0.717) is 32.7 Å². The number of aliphatic hydroxyl groups is 1. The van der Waals surface area contributed by atoms with Crippen LogP contribution in [-0.4, -0.2) is 91.1 Å². The lowest BCUT2D eigenvalue weighted by molar-refractivity contribution is -0.431. The van der Waals surface area contributed by atoms with Crippen LogP contribution in [0, 0.1) is 10.1 Å². The van der Waals surface area contributed by atoms with Gasteiger partial charge in [-0.25, -0.2) is 0 Å². The van der Waals surface area contributed by atoms with Crippen molar-refractivity contribution >= 4 is 5.91 Å². The highest BCUT2D eigenvalue weighted by Gasteiger charge is 2.31. The number of aliphatic hydroxyl groups excluding tert-OH is 1. The van der Waals surface area contributed by atoms with Crippen molar-refractivity contribution in [3.05, 3.63) is 52.0 Å². The molecule has 34 heavy (non-hydrogen) atoms. The molecular weight excluding hydrogens is 461 g/mol. The van der Waals surface area contributed by atoms with E-state index in [1.165, 1.54) is 19.2 Å². The maximum atomic E-state index is 12.3. The molecule has 2 rings (SSSR count). The maximum Gasteiger partial charge on any atom is 0.573 e. The first-order valence-electron chi connectivity index (χ1n) is 10.5. The van der Waals surface area contributed by atoms with Gasteiger partial charge in [0.25, 0.3) is 0 Å². The zero-order valence-corrected chi connectivity index (χ0v) is 18.7. The first-order valence-corrected chi connectivity index (χ1v) is 10.5. The Bertz CT molecular complexity index is 829. The van der Waals surface area contributed by atoms with E-state index in [9.17, 15) is 33.2 Å². The minimum Gasteiger partial charge on any atom is -0.406 e. The van der Waals surface area contributed by atoms with E-state index >= 15 is 0 Å². The molecule has 1 aromatic carbocycles. The van der Waals surface area contributed by atoms with Crippen LogP contribution in [0.5, 0.6) is 5.75 Å². The summed E-state index contributed by atoms with van der Waals surface area (Å²) in [5.41, 5.74) is 0.853. The second kappa shape index (κ2) is 13.0. The Morgan fingerprint density at radius 1 is 1.24 bits per heavy atom. The Morgan fingerprint density at radius 2 is 1.85 bits per heavy atom. The molecule has 0 aromatic heterocycles.